The molecular weight excluding hydrogens is 240 g/mol. The molecule has 0 aromatic carbocycles. The van der Waals surface area contributed by atoms with Gasteiger partial charge in [-0.15, -0.1) is 0 Å². The Balaban J connectivity index is 1.67. The predicted molar refractivity (Wildman–Crippen MR) is 85.6 cm³/mol. The highest BCUT2D eigenvalue weighted by atomic mass is 14.5. The van der Waals surface area contributed by atoms with Crippen LogP contribution in [0.3, 0.4) is 0 Å². The molecule has 0 N–H and O–H groups in total. The molecule has 0 heteroatoms. The van der Waals surface area contributed by atoms with Gasteiger partial charge in [-0.05, 0) is 80.5 Å². The molecule has 0 saturated heterocycles. The molecule has 0 radical (unpaired) electrons. The van der Waals surface area contributed by atoms with E-state index < -0.39 is 0 Å². The molecule has 4 aliphatic carbocycles. The number of hydrogen-bond acceptors (Lipinski definition) is 0. The van der Waals surface area contributed by atoms with Gasteiger partial charge in [0.25, 0.3) is 0 Å². The lowest BCUT2D eigenvalue weighted by molar-refractivity contribution is 0.130. The molecule has 114 valence electrons. The van der Waals surface area contributed by atoms with Gasteiger partial charge in [-0.1, -0.05) is 44.9 Å². The summed E-state index contributed by atoms with van der Waals surface area (Å²) >= 11 is 0. The van der Waals surface area contributed by atoms with Gasteiger partial charge < -0.3 is 0 Å². The largest absolute Gasteiger partial charge is 0.0530 e. The molecule has 4 rings (SSSR count). The summed E-state index contributed by atoms with van der Waals surface area (Å²) in [5, 5.41) is 0. The summed E-state index contributed by atoms with van der Waals surface area (Å²) in [6.07, 6.45) is 23.8. The maximum Gasteiger partial charge on any atom is -0.0292 e. The summed E-state index contributed by atoms with van der Waals surface area (Å²) < 4.78 is 0. The van der Waals surface area contributed by atoms with Crippen LogP contribution in [0, 0.1) is 29.1 Å². The third-order valence-electron chi connectivity index (χ3n) is 7.64. The Morgan fingerprint density at radius 2 is 1.00 bits per heavy atom. The Morgan fingerprint density at radius 3 is 1.55 bits per heavy atom. The van der Waals surface area contributed by atoms with Gasteiger partial charge in [-0.3, -0.25) is 0 Å². The Kier molecular flexibility index (Phi) is 3.86. The Bertz CT molecular complexity index is 299. The lowest BCUT2D eigenvalue weighted by Gasteiger charge is -2.38. The van der Waals surface area contributed by atoms with Crippen molar-refractivity contribution in [1.29, 1.82) is 0 Å². The molecular formula is C20H34. The molecule has 20 heavy (non-hydrogen) atoms. The Morgan fingerprint density at radius 1 is 0.500 bits per heavy atom. The van der Waals surface area contributed by atoms with Crippen molar-refractivity contribution in [1.82, 2.24) is 0 Å². The first kappa shape index (κ1) is 13.6. The van der Waals surface area contributed by atoms with Gasteiger partial charge in [0, 0.05) is 0 Å². The summed E-state index contributed by atoms with van der Waals surface area (Å²) in [6.45, 7) is 0. The van der Waals surface area contributed by atoms with Crippen molar-refractivity contribution in [2.75, 3.05) is 0 Å². The van der Waals surface area contributed by atoms with Crippen LogP contribution in [-0.4, -0.2) is 0 Å². The smallest absolute Gasteiger partial charge is 0.0292 e. The average Bonchev–Trinajstić information content (AvgIpc) is 2.69. The molecule has 5 atom stereocenters. The van der Waals surface area contributed by atoms with E-state index in [9.17, 15) is 0 Å². The van der Waals surface area contributed by atoms with Crippen LogP contribution in [0.15, 0.2) is 0 Å². The number of hydrogen-bond donors (Lipinski definition) is 0. The van der Waals surface area contributed by atoms with E-state index in [4.69, 9.17) is 0 Å². The van der Waals surface area contributed by atoms with E-state index in [0.717, 1.165) is 29.1 Å². The van der Waals surface area contributed by atoms with E-state index in [0.29, 0.717) is 0 Å². The highest BCUT2D eigenvalue weighted by molar-refractivity contribution is 4.94. The van der Waals surface area contributed by atoms with Crippen LogP contribution in [0.4, 0.5) is 0 Å². The fraction of sp³-hybridized carbons (Fsp3) is 1.00. The van der Waals surface area contributed by atoms with E-state index in [-0.39, 0.29) is 0 Å². The Labute approximate surface area is 126 Å². The topological polar surface area (TPSA) is 0 Å². The van der Waals surface area contributed by atoms with Crippen molar-refractivity contribution in [2.45, 2.75) is 96.3 Å². The van der Waals surface area contributed by atoms with Gasteiger partial charge in [0.15, 0.2) is 0 Å². The fourth-order valence-electron chi connectivity index (χ4n) is 6.73. The minimum atomic E-state index is 0.809. The van der Waals surface area contributed by atoms with Gasteiger partial charge in [0.2, 0.25) is 0 Å². The van der Waals surface area contributed by atoms with Crippen LogP contribution in [0.1, 0.15) is 96.3 Å². The first-order chi connectivity index (χ1) is 9.81. The zero-order valence-electron chi connectivity index (χ0n) is 13.4. The standard InChI is InChI=1S/C20H34/c1-2-5-17-9-11-20-10-8-16(4-1)12-18(14-20)6-3-7-19(13-17)15-20/h16-19H,1-15H2/t16-,17?,18-,19+,20?/m0/s1. The van der Waals surface area contributed by atoms with Crippen LogP contribution < -0.4 is 0 Å². The summed E-state index contributed by atoms with van der Waals surface area (Å²) in [4.78, 5) is 0. The van der Waals surface area contributed by atoms with E-state index in [1.54, 1.807) is 96.3 Å². The van der Waals surface area contributed by atoms with Crippen molar-refractivity contribution < 1.29 is 0 Å². The van der Waals surface area contributed by atoms with Crippen molar-refractivity contribution in [2.24, 2.45) is 29.1 Å². The maximum absolute atomic E-state index is 1.63. The third kappa shape index (κ3) is 2.81. The second-order valence-corrected chi connectivity index (χ2v) is 9.14. The normalized spacial score (nSPS) is 49.2. The third-order valence-corrected chi connectivity index (χ3v) is 7.64. The molecule has 4 aliphatic rings. The van der Waals surface area contributed by atoms with Crippen molar-refractivity contribution in [3.63, 3.8) is 0 Å². The van der Waals surface area contributed by atoms with Gasteiger partial charge in [-0.2, -0.15) is 0 Å². The first-order valence-corrected chi connectivity index (χ1v) is 9.81. The van der Waals surface area contributed by atoms with Gasteiger partial charge >= 0.3 is 0 Å². The van der Waals surface area contributed by atoms with Gasteiger partial charge in [0.05, 0.1) is 0 Å². The predicted octanol–water partition coefficient (Wildman–Crippen LogP) is 6.34. The lowest BCUT2D eigenvalue weighted by Crippen LogP contribution is -2.26. The highest BCUT2D eigenvalue weighted by Gasteiger charge is 2.42. The molecule has 0 aliphatic heterocycles. The van der Waals surface area contributed by atoms with Crippen LogP contribution in [0.25, 0.3) is 0 Å². The second-order valence-electron chi connectivity index (χ2n) is 9.14. The van der Waals surface area contributed by atoms with Crippen molar-refractivity contribution in [3.05, 3.63) is 0 Å². The molecule has 0 aromatic rings. The van der Waals surface area contributed by atoms with E-state index in [1.165, 1.54) is 0 Å². The quantitative estimate of drug-likeness (QED) is 0.483. The average molecular weight is 274 g/mol. The molecule has 4 saturated carbocycles. The minimum Gasteiger partial charge on any atom is -0.0530 e. The van der Waals surface area contributed by atoms with Crippen LogP contribution in [-0.2, 0) is 0 Å². The number of fused-ring (bicyclic) bond motifs is 6. The van der Waals surface area contributed by atoms with Crippen LogP contribution in [0.2, 0.25) is 0 Å². The molecule has 0 heterocycles. The maximum atomic E-state index is 1.63. The summed E-state index contributed by atoms with van der Waals surface area (Å²) in [6, 6.07) is 0. The molecule has 5 bridgehead atoms. The summed E-state index contributed by atoms with van der Waals surface area (Å²) in [7, 11) is 0. The van der Waals surface area contributed by atoms with E-state index >= 15 is 0 Å². The van der Waals surface area contributed by atoms with Crippen molar-refractivity contribution in [3.8, 4) is 0 Å². The fourth-order valence-corrected chi connectivity index (χ4v) is 6.73. The van der Waals surface area contributed by atoms with Crippen molar-refractivity contribution >= 4 is 0 Å². The first-order valence-electron chi connectivity index (χ1n) is 9.81. The second kappa shape index (κ2) is 5.65. The number of rotatable bonds is 0. The molecule has 2 unspecified atom stereocenters. The highest BCUT2D eigenvalue weighted by Crippen LogP contribution is 2.55. The van der Waals surface area contributed by atoms with Crippen LogP contribution >= 0.6 is 0 Å². The molecule has 0 nitrogen and oxygen atoms in total. The van der Waals surface area contributed by atoms with E-state index in [1.807, 2.05) is 0 Å². The lowest BCUT2D eigenvalue weighted by atomic mass is 9.67. The summed E-state index contributed by atoms with van der Waals surface area (Å²) in [5.74, 6) is 4.43. The van der Waals surface area contributed by atoms with Gasteiger partial charge in [-0.25, -0.2) is 0 Å². The van der Waals surface area contributed by atoms with Gasteiger partial charge in [0.1, 0.15) is 0 Å². The molecule has 1 spiro atoms. The zero-order chi connectivity index (χ0) is 13.4. The molecule has 0 aromatic heterocycles. The zero-order valence-corrected chi connectivity index (χ0v) is 13.4. The molecule has 4 fully saturated rings. The minimum absolute atomic E-state index is 0.809. The Hall–Kier alpha value is 0. The van der Waals surface area contributed by atoms with Crippen LogP contribution in [0.5, 0.6) is 0 Å². The molecule has 0 amide bonds. The monoisotopic (exact) mass is 274 g/mol. The SMILES string of the molecule is C1CC[C@H]2CCC34CCC(C1)C[C@@H](CCC[C@@H](C2)C3)C4. The summed E-state index contributed by atoms with van der Waals surface area (Å²) in [5.41, 5.74) is 0.809. The van der Waals surface area contributed by atoms with E-state index in [2.05, 4.69) is 0 Å².